The molecule has 0 amide bonds. The number of hydrogen-bond donors (Lipinski definition) is 1. The average Bonchev–Trinajstić information content (AvgIpc) is 4.09. The summed E-state index contributed by atoms with van der Waals surface area (Å²) in [7, 11) is 11.0. The molecule has 0 saturated heterocycles. The number of aromatic nitrogens is 3. The van der Waals surface area contributed by atoms with Crippen LogP contribution < -0.4 is 18.9 Å². The Morgan fingerprint density at radius 2 is 0.879 bits per heavy atom. The highest BCUT2D eigenvalue weighted by molar-refractivity contribution is 6.02. The maximum Gasteiger partial charge on any atom is 0.215 e. The fourth-order valence-electron chi connectivity index (χ4n) is 8.09. The Labute approximate surface area is 337 Å². The second-order valence-corrected chi connectivity index (χ2v) is 14.3. The van der Waals surface area contributed by atoms with Gasteiger partial charge in [-0.05, 0) is 107 Å². The number of aryl methyl sites for hydroxylation is 1. The molecule has 8 nitrogen and oxygen atoms in total. The van der Waals surface area contributed by atoms with E-state index in [1.165, 1.54) is 0 Å². The van der Waals surface area contributed by atoms with Crippen molar-refractivity contribution < 1.29 is 23.5 Å². The summed E-state index contributed by atoms with van der Waals surface area (Å²) in [6.45, 7) is 0. The highest BCUT2D eigenvalue weighted by atomic mass is 16.5. The Kier molecular flexibility index (Phi) is 9.38. The molecule has 0 saturated carbocycles. The third-order valence-electron chi connectivity index (χ3n) is 11.1. The molecule has 1 N–H and O–H groups in total. The van der Waals surface area contributed by atoms with Gasteiger partial charge in [0.1, 0.15) is 30.0 Å². The Balaban J connectivity index is 1.48. The molecule has 3 aromatic heterocycles. The first-order valence-corrected chi connectivity index (χ1v) is 19.1. The van der Waals surface area contributed by atoms with Crippen LogP contribution in [0.1, 0.15) is 17.0 Å². The van der Waals surface area contributed by atoms with Crippen LogP contribution in [0.3, 0.4) is 0 Å². The van der Waals surface area contributed by atoms with E-state index in [2.05, 4.69) is 125 Å². The maximum atomic E-state index is 5.59. The normalized spacial score (nSPS) is 12.0. The van der Waals surface area contributed by atoms with Gasteiger partial charge in [0.2, 0.25) is 5.69 Å². The van der Waals surface area contributed by atoms with Crippen molar-refractivity contribution in [2.45, 2.75) is 0 Å². The van der Waals surface area contributed by atoms with Crippen molar-refractivity contribution in [1.29, 1.82) is 0 Å². The van der Waals surface area contributed by atoms with Gasteiger partial charge in [-0.2, -0.15) is 0 Å². The standard InChI is InChI=1S/C50H42N4O4/c1-53-30-35-29-46(53)50(34-13-21-39(58-6)22-14-34)45-28-27-44(54(45)2)49(33-11-19-38(57-5)20-12-33)43-26-25-42(52-43)48(32-9-17-37(56-4)18-10-32)41-24-23-40(51-41)47(35)31-7-15-36(55-3)16-8-31/h7-30H,1-6H3/p+1. The largest absolute Gasteiger partial charge is 0.497 e. The number of fused-ring (bicyclic) bond motifs is 8. The molecular weight excluding hydrogens is 721 g/mol. The molecule has 8 heteroatoms. The second-order valence-electron chi connectivity index (χ2n) is 14.3. The number of rotatable bonds is 8. The van der Waals surface area contributed by atoms with Crippen LogP contribution in [-0.2, 0) is 7.05 Å². The van der Waals surface area contributed by atoms with Crippen LogP contribution in [0.4, 0.5) is 5.69 Å². The van der Waals surface area contributed by atoms with E-state index in [9.17, 15) is 0 Å². The molecule has 0 aliphatic carbocycles. The molecule has 58 heavy (non-hydrogen) atoms. The predicted octanol–water partition coefficient (Wildman–Crippen LogP) is 11.2. The van der Waals surface area contributed by atoms with Crippen LogP contribution in [0.15, 0.2) is 127 Å². The van der Waals surface area contributed by atoms with Gasteiger partial charge in [-0.1, -0.05) is 48.5 Å². The molecule has 0 unspecified atom stereocenters. The van der Waals surface area contributed by atoms with Gasteiger partial charge in [0, 0.05) is 40.8 Å². The number of methoxy groups -OCH3 is 4. The molecule has 0 radical (unpaired) electrons. The van der Waals surface area contributed by atoms with Gasteiger partial charge >= 0.3 is 0 Å². The van der Waals surface area contributed by atoms with Crippen molar-refractivity contribution in [1.82, 2.24) is 14.5 Å². The molecule has 0 spiro atoms. The molecule has 2 aliphatic rings. The molecule has 9 rings (SSSR count). The lowest BCUT2D eigenvalue weighted by Gasteiger charge is -2.10. The van der Waals surface area contributed by atoms with E-state index in [0.717, 1.165) is 112 Å². The van der Waals surface area contributed by atoms with Crippen molar-refractivity contribution >= 4 is 46.1 Å². The Bertz CT molecular complexity index is 2920. The van der Waals surface area contributed by atoms with Gasteiger partial charge in [-0.15, -0.1) is 0 Å². The first-order valence-electron chi connectivity index (χ1n) is 19.1. The zero-order valence-corrected chi connectivity index (χ0v) is 33.3. The van der Waals surface area contributed by atoms with Crippen molar-refractivity contribution in [3.63, 3.8) is 0 Å². The van der Waals surface area contributed by atoms with E-state index >= 15 is 0 Å². The zero-order chi connectivity index (χ0) is 39.9. The van der Waals surface area contributed by atoms with Gasteiger partial charge < -0.3 is 28.5 Å². The average molecular weight is 764 g/mol. The number of hydrogen-bond acceptors (Lipinski definition) is 5. The van der Waals surface area contributed by atoms with Crippen LogP contribution >= 0.6 is 0 Å². The minimum absolute atomic E-state index is 0.788. The minimum Gasteiger partial charge on any atom is -0.497 e. The highest BCUT2D eigenvalue weighted by Gasteiger charge is 2.25. The summed E-state index contributed by atoms with van der Waals surface area (Å²) in [5.41, 5.74) is 16.1. The molecule has 286 valence electrons. The van der Waals surface area contributed by atoms with Gasteiger partial charge in [0.25, 0.3) is 0 Å². The summed E-state index contributed by atoms with van der Waals surface area (Å²) >= 11 is 0. The van der Waals surface area contributed by atoms with Gasteiger partial charge in [-0.3, -0.25) is 0 Å². The van der Waals surface area contributed by atoms with Crippen molar-refractivity contribution in [2.24, 2.45) is 7.05 Å². The molecular formula is C50H43N4O4+. The molecule has 8 bridgehead atoms. The van der Waals surface area contributed by atoms with Gasteiger partial charge in [0.15, 0.2) is 6.21 Å². The number of aromatic amines is 1. The lowest BCUT2D eigenvalue weighted by atomic mass is 9.99. The van der Waals surface area contributed by atoms with Crippen LogP contribution in [0.2, 0.25) is 0 Å². The summed E-state index contributed by atoms with van der Waals surface area (Å²) < 4.78 is 26.8. The smallest absolute Gasteiger partial charge is 0.215 e. The van der Waals surface area contributed by atoms with Crippen molar-refractivity contribution in [2.75, 3.05) is 35.5 Å². The molecule has 7 aromatic rings. The zero-order valence-electron chi connectivity index (χ0n) is 33.3. The first-order chi connectivity index (χ1) is 28.4. The van der Waals surface area contributed by atoms with Gasteiger partial charge in [-0.25, -0.2) is 9.56 Å². The number of benzene rings is 4. The summed E-state index contributed by atoms with van der Waals surface area (Å²) in [6.07, 6.45) is 6.45. The van der Waals surface area contributed by atoms with E-state index in [4.69, 9.17) is 23.9 Å². The lowest BCUT2D eigenvalue weighted by molar-refractivity contribution is -0.395. The highest BCUT2D eigenvalue weighted by Crippen LogP contribution is 2.41. The van der Waals surface area contributed by atoms with E-state index in [0.29, 0.717) is 0 Å². The van der Waals surface area contributed by atoms with Crippen LogP contribution in [-0.4, -0.2) is 60.8 Å². The molecule has 2 aliphatic heterocycles. The van der Waals surface area contributed by atoms with Crippen LogP contribution in [0.25, 0.3) is 78.7 Å². The number of H-pyrrole nitrogens is 1. The summed E-state index contributed by atoms with van der Waals surface area (Å²) in [5.74, 6) is 3.18. The lowest BCUT2D eigenvalue weighted by Crippen LogP contribution is -1.98. The number of nitrogens with one attached hydrogen (secondary N) is 1. The Morgan fingerprint density at radius 3 is 1.36 bits per heavy atom. The SMILES string of the molecule is COc1ccc(-c2c3cc(c(-c4ccc(OC)cc4)c4ccc(c(-c5ccc(OC)cc5)c5ccc([nH]5)c(-c5ccc(OC)cc5)c5nc2C=C5)n4C)[N+](C)=C3)cc1. The quantitative estimate of drug-likeness (QED) is 0.156. The molecule has 0 atom stereocenters. The van der Waals surface area contributed by atoms with Crippen molar-refractivity contribution in [3.8, 4) is 67.5 Å². The van der Waals surface area contributed by atoms with Crippen LogP contribution in [0, 0.1) is 0 Å². The fourth-order valence-corrected chi connectivity index (χ4v) is 8.09. The maximum absolute atomic E-state index is 5.59. The van der Waals surface area contributed by atoms with E-state index in [1.54, 1.807) is 28.4 Å². The van der Waals surface area contributed by atoms with Crippen molar-refractivity contribution in [3.05, 3.63) is 144 Å². The summed E-state index contributed by atoms with van der Waals surface area (Å²) in [6, 6.07) is 44.0. The topological polar surface area (TPSA) is 73.5 Å². The molecule has 0 fully saturated rings. The fraction of sp³-hybridized carbons (Fsp3) is 0.120. The third-order valence-corrected chi connectivity index (χ3v) is 11.1. The summed E-state index contributed by atoms with van der Waals surface area (Å²) in [4.78, 5) is 9.30. The van der Waals surface area contributed by atoms with Crippen LogP contribution in [0.5, 0.6) is 23.0 Å². The summed E-state index contributed by atoms with van der Waals surface area (Å²) in [5, 5.41) is 0. The first kappa shape index (κ1) is 36.3. The second kappa shape index (κ2) is 15.0. The number of ether oxygens (including phenoxy) is 4. The molecule has 4 aromatic carbocycles. The van der Waals surface area contributed by atoms with E-state index in [-0.39, 0.29) is 0 Å². The number of nitrogens with zero attached hydrogens (tertiary/aromatic N) is 3. The van der Waals surface area contributed by atoms with E-state index < -0.39 is 0 Å². The Morgan fingerprint density at radius 1 is 0.483 bits per heavy atom. The van der Waals surface area contributed by atoms with Gasteiger partial charge in [0.05, 0.1) is 62.0 Å². The minimum atomic E-state index is 0.788. The molecule has 5 heterocycles. The third kappa shape index (κ3) is 6.38. The van der Waals surface area contributed by atoms with E-state index in [1.807, 2.05) is 48.5 Å². The monoisotopic (exact) mass is 763 g/mol. The Hall–Kier alpha value is -7.32. The predicted molar refractivity (Wildman–Crippen MR) is 236 cm³/mol.